The Hall–Kier alpha value is -2.77. The first-order valence-electron chi connectivity index (χ1n) is 9.06. The smallest absolute Gasteiger partial charge is 0.341 e. The summed E-state index contributed by atoms with van der Waals surface area (Å²) in [5, 5.41) is 20.4. The number of aryl methyl sites for hydroxylation is 1. The second-order valence-electron chi connectivity index (χ2n) is 7.55. The van der Waals surface area contributed by atoms with Crippen molar-refractivity contribution >= 4 is 5.97 Å². The number of phenolic OH excluding ortho intramolecular Hbond substituents is 1. The number of aliphatic hydroxyl groups excluding tert-OH is 1. The quantitative estimate of drug-likeness (QED) is 0.627. The number of rotatable bonds is 2. The average Bonchev–Trinajstić information content (AvgIpc) is 2.65. The third-order valence-electron chi connectivity index (χ3n) is 5.18. The molecule has 1 atom stereocenters. The Morgan fingerprint density at radius 2 is 2.00 bits per heavy atom. The SMILES string of the molecule is COC(=O)c1ccc(C#CC(O)c2ccc3c(c2)CCCC3(C)C)cc1O. The molecule has 2 aromatic carbocycles. The van der Waals surface area contributed by atoms with Crippen LogP contribution in [0.3, 0.4) is 0 Å². The van der Waals surface area contributed by atoms with Gasteiger partial charge in [0.25, 0.3) is 0 Å². The molecule has 0 aromatic heterocycles. The molecule has 1 aliphatic carbocycles. The minimum atomic E-state index is -0.914. The summed E-state index contributed by atoms with van der Waals surface area (Å²) >= 11 is 0. The van der Waals surface area contributed by atoms with Crippen LogP contribution in [0.1, 0.15) is 65.4 Å². The van der Waals surface area contributed by atoms with Gasteiger partial charge in [0, 0.05) is 5.56 Å². The maximum Gasteiger partial charge on any atom is 0.341 e. The highest BCUT2D eigenvalue weighted by Crippen LogP contribution is 2.37. The van der Waals surface area contributed by atoms with Crippen molar-refractivity contribution in [2.24, 2.45) is 0 Å². The largest absolute Gasteiger partial charge is 0.507 e. The zero-order valence-corrected chi connectivity index (χ0v) is 15.9. The van der Waals surface area contributed by atoms with E-state index in [4.69, 9.17) is 0 Å². The molecule has 2 aromatic rings. The molecule has 1 aliphatic rings. The number of carbonyl (C=O) groups is 1. The van der Waals surface area contributed by atoms with Crippen LogP contribution < -0.4 is 0 Å². The van der Waals surface area contributed by atoms with Crippen molar-refractivity contribution in [2.75, 3.05) is 7.11 Å². The minimum absolute atomic E-state index is 0.0842. The van der Waals surface area contributed by atoms with Gasteiger partial charge < -0.3 is 14.9 Å². The lowest BCUT2D eigenvalue weighted by atomic mass is 9.72. The van der Waals surface area contributed by atoms with Gasteiger partial charge in [-0.25, -0.2) is 4.79 Å². The number of carbonyl (C=O) groups excluding carboxylic acids is 1. The van der Waals surface area contributed by atoms with Crippen LogP contribution in [0.4, 0.5) is 0 Å². The molecule has 0 spiro atoms. The monoisotopic (exact) mass is 364 g/mol. The van der Waals surface area contributed by atoms with E-state index in [1.807, 2.05) is 12.1 Å². The van der Waals surface area contributed by atoms with E-state index in [1.54, 1.807) is 6.07 Å². The predicted molar refractivity (Wildman–Crippen MR) is 104 cm³/mol. The summed E-state index contributed by atoms with van der Waals surface area (Å²) in [7, 11) is 1.26. The van der Waals surface area contributed by atoms with Gasteiger partial charge in [-0.2, -0.15) is 0 Å². The Morgan fingerprint density at radius 3 is 2.70 bits per heavy atom. The Labute approximate surface area is 159 Å². The number of aliphatic hydroxyl groups is 1. The summed E-state index contributed by atoms with van der Waals surface area (Å²) in [6, 6.07) is 10.5. The topological polar surface area (TPSA) is 66.8 Å². The maximum absolute atomic E-state index is 11.5. The van der Waals surface area contributed by atoms with Crippen molar-refractivity contribution in [3.8, 4) is 17.6 Å². The molecular formula is C23H24O4. The van der Waals surface area contributed by atoms with E-state index >= 15 is 0 Å². The fourth-order valence-electron chi connectivity index (χ4n) is 3.63. The second kappa shape index (κ2) is 7.46. The fourth-order valence-corrected chi connectivity index (χ4v) is 3.63. The zero-order chi connectivity index (χ0) is 19.6. The van der Waals surface area contributed by atoms with Gasteiger partial charge in [-0.1, -0.05) is 43.9 Å². The van der Waals surface area contributed by atoms with Gasteiger partial charge in [0.1, 0.15) is 17.4 Å². The number of fused-ring (bicyclic) bond motifs is 1. The number of esters is 1. The molecule has 0 aliphatic heterocycles. The standard InChI is InChI=1S/C23H24O4/c1-23(2)12-4-5-16-14-17(8-10-19(16)23)20(24)11-7-15-6-9-18(21(25)13-15)22(26)27-3/h6,8-10,13-14,20,24-25H,4-5,12H2,1-3H3. The summed E-state index contributed by atoms with van der Waals surface area (Å²) in [6.45, 7) is 4.51. The van der Waals surface area contributed by atoms with E-state index in [9.17, 15) is 15.0 Å². The molecule has 0 radical (unpaired) electrons. The third-order valence-corrected chi connectivity index (χ3v) is 5.18. The van der Waals surface area contributed by atoms with E-state index in [-0.39, 0.29) is 16.7 Å². The lowest BCUT2D eigenvalue weighted by Crippen LogP contribution is -2.23. The second-order valence-corrected chi connectivity index (χ2v) is 7.55. The Balaban J connectivity index is 1.82. The van der Waals surface area contributed by atoms with Crippen molar-refractivity contribution in [2.45, 2.75) is 44.6 Å². The van der Waals surface area contributed by atoms with Gasteiger partial charge in [0.05, 0.1) is 7.11 Å². The lowest BCUT2D eigenvalue weighted by Gasteiger charge is -2.33. The molecule has 2 N–H and O–H groups in total. The van der Waals surface area contributed by atoms with Crippen LogP contribution in [0.15, 0.2) is 36.4 Å². The average molecular weight is 364 g/mol. The van der Waals surface area contributed by atoms with Crippen LogP contribution >= 0.6 is 0 Å². The summed E-state index contributed by atoms with van der Waals surface area (Å²) in [6.07, 6.45) is 2.43. The van der Waals surface area contributed by atoms with E-state index < -0.39 is 12.1 Å². The third kappa shape index (κ3) is 3.99. The number of aromatic hydroxyl groups is 1. The molecular weight excluding hydrogens is 340 g/mol. The van der Waals surface area contributed by atoms with Crippen LogP contribution in [0.5, 0.6) is 5.75 Å². The van der Waals surface area contributed by atoms with Crippen LogP contribution in [0.2, 0.25) is 0 Å². The van der Waals surface area contributed by atoms with Crippen LogP contribution in [-0.2, 0) is 16.6 Å². The zero-order valence-electron chi connectivity index (χ0n) is 15.9. The van der Waals surface area contributed by atoms with Crippen molar-refractivity contribution in [1.82, 2.24) is 0 Å². The normalized spacial score (nSPS) is 15.9. The Kier molecular flexibility index (Phi) is 5.25. The summed E-state index contributed by atoms with van der Waals surface area (Å²) in [5.74, 6) is 4.86. The molecule has 4 heteroatoms. The van der Waals surface area contributed by atoms with Crippen molar-refractivity contribution in [1.29, 1.82) is 0 Å². The highest BCUT2D eigenvalue weighted by atomic mass is 16.5. The molecule has 0 fully saturated rings. The van der Waals surface area contributed by atoms with Gasteiger partial charge in [0.2, 0.25) is 0 Å². The van der Waals surface area contributed by atoms with E-state index in [2.05, 4.69) is 36.5 Å². The summed E-state index contributed by atoms with van der Waals surface area (Å²) in [4.78, 5) is 11.5. The van der Waals surface area contributed by atoms with E-state index in [0.717, 1.165) is 18.4 Å². The summed E-state index contributed by atoms with van der Waals surface area (Å²) < 4.78 is 4.60. The lowest BCUT2D eigenvalue weighted by molar-refractivity contribution is 0.0597. The molecule has 0 heterocycles. The van der Waals surface area contributed by atoms with Crippen molar-refractivity contribution in [3.05, 3.63) is 64.2 Å². The van der Waals surface area contributed by atoms with E-state index in [0.29, 0.717) is 5.56 Å². The first kappa shape index (κ1) is 19.0. The van der Waals surface area contributed by atoms with Gasteiger partial charge in [-0.15, -0.1) is 0 Å². The molecule has 3 rings (SSSR count). The number of hydrogen-bond acceptors (Lipinski definition) is 4. The molecule has 0 amide bonds. The Morgan fingerprint density at radius 1 is 1.22 bits per heavy atom. The first-order chi connectivity index (χ1) is 12.8. The molecule has 140 valence electrons. The molecule has 0 saturated carbocycles. The first-order valence-corrected chi connectivity index (χ1v) is 9.06. The van der Waals surface area contributed by atoms with Crippen LogP contribution in [-0.4, -0.2) is 23.3 Å². The molecule has 0 saturated heterocycles. The Bertz CT molecular complexity index is 931. The van der Waals surface area contributed by atoms with Crippen LogP contribution in [0.25, 0.3) is 0 Å². The number of phenols is 1. The molecule has 0 bridgehead atoms. The minimum Gasteiger partial charge on any atom is -0.507 e. The van der Waals surface area contributed by atoms with E-state index in [1.165, 1.54) is 36.8 Å². The number of ether oxygens (including phenoxy) is 1. The molecule has 27 heavy (non-hydrogen) atoms. The van der Waals surface area contributed by atoms with Gasteiger partial charge in [0.15, 0.2) is 0 Å². The predicted octanol–water partition coefficient (Wildman–Crippen LogP) is 3.88. The maximum atomic E-state index is 11.5. The molecule has 4 nitrogen and oxygen atoms in total. The van der Waals surface area contributed by atoms with Crippen molar-refractivity contribution in [3.63, 3.8) is 0 Å². The number of methoxy groups -OCH3 is 1. The number of benzene rings is 2. The molecule has 1 unspecified atom stereocenters. The van der Waals surface area contributed by atoms with Crippen molar-refractivity contribution < 1.29 is 19.7 Å². The highest BCUT2D eigenvalue weighted by Gasteiger charge is 2.27. The van der Waals surface area contributed by atoms with Gasteiger partial charge in [-0.05, 0) is 59.6 Å². The fraction of sp³-hybridized carbons (Fsp3) is 0.348. The van der Waals surface area contributed by atoms with Gasteiger partial charge in [-0.3, -0.25) is 0 Å². The van der Waals surface area contributed by atoms with Gasteiger partial charge >= 0.3 is 5.97 Å². The highest BCUT2D eigenvalue weighted by molar-refractivity contribution is 5.92. The number of hydrogen-bond donors (Lipinski definition) is 2. The summed E-state index contributed by atoms with van der Waals surface area (Å²) in [5.41, 5.74) is 4.17. The van der Waals surface area contributed by atoms with Crippen LogP contribution in [0, 0.1) is 11.8 Å².